The number of nitrogens with zero attached hydrogens (tertiary/aromatic N) is 3. The van der Waals surface area contributed by atoms with Crippen LogP contribution >= 0.6 is 0 Å². The number of methoxy groups -OCH3 is 1. The summed E-state index contributed by atoms with van der Waals surface area (Å²) in [6.45, 7) is 9.28. The van der Waals surface area contributed by atoms with Crippen molar-refractivity contribution < 1.29 is 19.0 Å². The number of hydrogen-bond donors (Lipinski definition) is 2. The van der Waals surface area contributed by atoms with Gasteiger partial charge in [0, 0.05) is 49.6 Å². The summed E-state index contributed by atoms with van der Waals surface area (Å²) in [7, 11) is 3.43. The third-order valence-corrected chi connectivity index (χ3v) is 4.94. The van der Waals surface area contributed by atoms with Gasteiger partial charge in [-0.05, 0) is 46.2 Å². The van der Waals surface area contributed by atoms with Crippen LogP contribution in [0.1, 0.15) is 32.9 Å². The average Bonchev–Trinajstić information content (AvgIpc) is 3.20. The van der Waals surface area contributed by atoms with Crippen LogP contribution in [0.4, 0.5) is 22.2 Å². The van der Waals surface area contributed by atoms with E-state index >= 15 is 0 Å². The zero-order valence-corrected chi connectivity index (χ0v) is 19.7. The number of anilines is 3. The molecule has 1 aromatic heterocycles. The molecule has 3 rings (SSSR count). The van der Waals surface area contributed by atoms with E-state index in [0.717, 1.165) is 23.6 Å². The van der Waals surface area contributed by atoms with E-state index in [-0.39, 0.29) is 12.0 Å². The molecule has 9 heteroatoms. The Hall–Kier alpha value is -3.23. The Morgan fingerprint density at radius 2 is 2.00 bits per heavy atom. The van der Waals surface area contributed by atoms with Gasteiger partial charge in [-0.3, -0.25) is 0 Å². The summed E-state index contributed by atoms with van der Waals surface area (Å²) in [5.74, 6) is 2.71. The van der Waals surface area contributed by atoms with Gasteiger partial charge in [-0.25, -0.2) is 9.78 Å². The number of nitrogens with one attached hydrogen (secondary N) is 2. The summed E-state index contributed by atoms with van der Waals surface area (Å²) in [5.41, 5.74) is 1.14. The minimum atomic E-state index is -0.499. The number of rotatable bonds is 7. The van der Waals surface area contributed by atoms with Crippen molar-refractivity contribution in [2.75, 3.05) is 44.5 Å². The van der Waals surface area contributed by atoms with Crippen LogP contribution in [0.25, 0.3) is 0 Å². The third kappa shape index (κ3) is 6.38. The number of likely N-dealkylation sites (tertiary alicyclic amines) is 1. The van der Waals surface area contributed by atoms with E-state index in [1.165, 1.54) is 0 Å². The first-order valence-corrected chi connectivity index (χ1v) is 10.8. The van der Waals surface area contributed by atoms with Crippen molar-refractivity contribution in [2.24, 2.45) is 5.92 Å². The third-order valence-electron chi connectivity index (χ3n) is 4.94. The highest BCUT2D eigenvalue weighted by molar-refractivity contribution is 5.68. The lowest BCUT2D eigenvalue weighted by molar-refractivity contribution is 0.0284. The number of aromatic nitrogens is 2. The van der Waals surface area contributed by atoms with Crippen LogP contribution in [0.5, 0.6) is 11.5 Å². The summed E-state index contributed by atoms with van der Waals surface area (Å²) >= 11 is 0. The van der Waals surface area contributed by atoms with Gasteiger partial charge in [0.2, 0.25) is 5.95 Å². The molecule has 32 heavy (non-hydrogen) atoms. The summed E-state index contributed by atoms with van der Waals surface area (Å²) in [6, 6.07) is 7.46. The summed E-state index contributed by atoms with van der Waals surface area (Å²) in [4.78, 5) is 22.9. The van der Waals surface area contributed by atoms with Gasteiger partial charge in [0.05, 0.1) is 13.7 Å². The first-order chi connectivity index (χ1) is 15.2. The second-order valence-electron chi connectivity index (χ2n) is 8.85. The van der Waals surface area contributed by atoms with Crippen molar-refractivity contribution >= 4 is 23.5 Å². The van der Waals surface area contributed by atoms with Crippen LogP contribution < -0.4 is 20.1 Å². The highest BCUT2D eigenvalue weighted by Gasteiger charge is 2.30. The Labute approximate surface area is 189 Å². The summed E-state index contributed by atoms with van der Waals surface area (Å²) in [6.07, 6.45) is 0.589. The summed E-state index contributed by atoms with van der Waals surface area (Å²) < 4.78 is 17.0. The SMILES string of the molecule is CNc1cc(C)nc(Nc2ccc(OC)c(OCC3CCN(C(=O)OC(C)(C)C)C3)c2)n1. The zero-order valence-electron chi connectivity index (χ0n) is 19.7. The Morgan fingerprint density at radius 3 is 2.69 bits per heavy atom. The molecule has 2 N–H and O–H groups in total. The van der Waals surface area contributed by atoms with Crippen LogP contribution in [0.2, 0.25) is 0 Å². The maximum Gasteiger partial charge on any atom is 0.410 e. The van der Waals surface area contributed by atoms with E-state index in [9.17, 15) is 4.79 Å². The van der Waals surface area contributed by atoms with Gasteiger partial charge < -0.3 is 29.7 Å². The van der Waals surface area contributed by atoms with Gasteiger partial charge in [0.1, 0.15) is 11.4 Å². The first kappa shape index (κ1) is 23.4. The largest absolute Gasteiger partial charge is 0.493 e. The molecule has 2 aromatic rings. The topological polar surface area (TPSA) is 97.8 Å². The number of carbonyl (C=O) groups is 1. The smallest absolute Gasteiger partial charge is 0.410 e. The van der Waals surface area contributed by atoms with Gasteiger partial charge in [0.15, 0.2) is 11.5 Å². The van der Waals surface area contributed by atoms with Crippen LogP contribution in [-0.4, -0.2) is 60.4 Å². The lowest BCUT2D eigenvalue weighted by Crippen LogP contribution is -2.35. The monoisotopic (exact) mass is 443 g/mol. The number of amides is 1. The number of ether oxygens (including phenoxy) is 3. The molecule has 2 heterocycles. The van der Waals surface area contributed by atoms with Crippen LogP contribution in [-0.2, 0) is 4.74 Å². The highest BCUT2D eigenvalue weighted by atomic mass is 16.6. The van der Waals surface area contributed by atoms with Crippen molar-refractivity contribution in [3.8, 4) is 11.5 Å². The molecule has 0 bridgehead atoms. The molecule has 1 fully saturated rings. The van der Waals surface area contributed by atoms with E-state index in [0.29, 0.717) is 37.1 Å². The average molecular weight is 444 g/mol. The quantitative estimate of drug-likeness (QED) is 0.657. The Balaban J connectivity index is 1.63. The maximum absolute atomic E-state index is 12.3. The Bertz CT molecular complexity index is 944. The molecule has 174 valence electrons. The van der Waals surface area contributed by atoms with E-state index in [1.54, 1.807) is 12.0 Å². The second-order valence-corrected chi connectivity index (χ2v) is 8.85. The molecule has 1 aliphatic heterocycles. The fourth-order valence-electron chi connectivity index (χ4n) is 3.42. The molecular weight excluding hydrogens is 410 g/mol. The maximum atomic E-state index is 12.3. The fourth-order valence-corrected chi connectivity index (χ4v) is 3.42. The van der Waals surface area contributed by atoms with Crippen molar-refractivity contribution in [3.05, 3.63) is 30.0 Å². The number of aryl methyl sites for hydroxylation is 1. The molecule has 0 aliphatic carbocycles. The van der Waals surface area contributed by atoms with Crippen molar-refractivity contribution in [1.29, 1.82) is 0 Å². The molecule has 1 unspecified atom stereocenters. The van der Waals surface area contributed by atoms with Gasteiger partial charge in [0.25, 0.3) is 0 Å². The van der Waals surface area contributed by atoms with Crippen molar-refractivity contribution in [3.63, 3.8) is 0 Å². The van der Waals surface area contributed by atoms with E-state index in [1.807, 2.05) is 59.0 Å². The fraction of sp³-hybridized carbons (Fsp3) is 0.522. The Kier molecular flexibility index (Phi) is 7.27. The molecule has 0 saturated carbocycles. The van der Waals surface area contributed by atoms with E-state index in [4.69, 9.17) is 14.2 Å². The molecule has 1 atom stereocenters. The minimum Gasteiger partial charge on any atom is -0.493 e. The Morgan fingerprint density at radius 1 is 1.22 bits per heavy atom. The van der Waals surface area contributed by atoms with Crippen LogP contribution in [0.15, 0.2) is 24.3 Å². The lowest BCUT2D eigenvalue weighted by atomic mass is 10.1. The lowest BCUT2D eigenvalue weighted by Gasteiger charge is -2.24. The van der Waals surface area contributed by atoms with E-state index < -0.39 is 5.60 Å². The first-order valence-electron chi connectivity index (χ1n) is 10.8. The molecular formula is C23H33N5O4. The van der Waals surface area contributed by atoms with Gasteiger partial charge in [-0.1, -0.05) is 0 Å². The molecule has 0 spiro atoms. The minimum absolute atomic E-state index is 0.224. The molecule has 9 nitrogen and oxygen atoms in total. The highest BCUT2D eigenvalue weighted by Crippen LogP contribution is 2.32. The molecule has 1 saturated heterocycles. The number of hydrogen-bond acceptors (Lipinski definition) is 8. The van der Waals surface area contributed by atoms with Crippen LogP contribution in [0.3, 0.4) is 0 Å². The summed E-state index contributed by atoms with van der Waals surface area (Å²) in [5, 5.41) is 6.24. The van der Waals surface area contributed by atoms with E-state index in [2.05, 4.69) is 20.6 Å². The number of benzene rings is 1. The molecule has 0 radical (unpaired) electrons. The van der Waals surface area contributed by atoms with Crippen molar-refractivity contribution in [1.82, 2.24) is 14.9 Å². The van der Waals surface area contributed by atoms with Crippen LogP contribution in [0, 0.1) is 12.8 Å². The van der Waals surface area contributed by atoms with Crippen molar-refractivity contribution in [2.45, 2.75) is 39.7 Å². The predicted molar refractivity (Wildman–Crippen MR) is 124 cm³/mol. The van der Waals surface area contributed by atoms with Gasteiger partial charge in [-0.2, -0.15) is 4.98 Å². The molecule has 1 aliphatic rings. The second kappa shape index (κ2) is 9.93. The van der Waals surface area contributed by atoms with Gasteiger partial charge in [-0.15, -0.1) is 0 Å². The predicted octanol–water partition coefficient (Wildman–Crippen LogP) is 4.21. The van der Waals surface area contributed by atoms with Gasteiger partial charge >= 0.3 is 6.09 Å². The molecule has 1 aromatic carbocycles. The zero-order chi connectivity index (χ0) is 23.3. The standard InChI is InChI=1S/C23H33N5O4/c1-15-11-20(24-5)27-21(25-15)26-17-7-8-18(30-6)19(12-17)31-14-16-9-10-28(13-16)22(29)32-23(2,3)4/h7-8,11-12,16H,9-10,13-14H2,1-6H3,(H2,24,25,26,27). The normalized spacial score (nSPS) is 15.9. The molecule has 1 amide bonds. The number of carbonyl (C=O) groups excluding carboxylic acids is 1.